The lowest BCUT2D eigenvalue weighted by molar-refractivity contribution is -0.120. The van der Waals surface area contributed by atoms with E-state index in [1.807, 2.05) is 55.6 Å². The van der Waals surface area contributed by atoms with Crippen LogP contribution in [0.5, 0.6) is 0 Å². The van der Waals surface area contributed by atoms with Crippen LogP contribution in [0.4, 0.5) is 0 Å². The predicted octanol–water partition coefficient (Wildman–Crippen LogP) is 4.03. The lowest BCUT2D eigenvalue weighted by Crippen LogP contribution is -2.27. The first kappa shape index (κ1) is 15.6. The number of rotatable bonds is 5. The van der Waals surface area contributed by atoms with Crippen LogP contribution < -0.4 is 5.32 Å². The molecule has 0 radical (unpaired) electrons. The third-order valence-electron chi connectivity index (χ3n) is 3.89. The molecule has 0 saturated carbocycles. The summed E-state index contributed by atoms with van der Waals surface area (Å²) in [6.45, 7) is 2.65. The highest BCUT2D eigenvalue weighted by Crippen LogP contribution is 2.22. The van der Waals surface area contributed by atoms with Crippen molar-refractivity contribution in [2.45, 2.75) is 19.8 Å². The van der Waals surface area contributed by atoms with Crippen molar-refractivity contribution in [3.8, 4) is 0 Å². The summed E-state index contributed by atoms with van der Waals surface area (Å²) in [6.07, 6.45) is 3.18. The number of fused-ring (bicyclic) bond motifs is 1. The van der Waals surface area contributed by atoms with Gasteiger partial charge in [-0.15, -0.1) is 0 Å². The zero-order valence-corrected chi connectivity index (χ0v) is 13.8. The molecule has 3 rings (SSSR count). The van der Waals surface area contributed by atoms with Gasteiger partial charge in [0, 0.05) is 28.7 Å². The highest BCUT2D eigenvalue weighted by Gasteiger charge is 2.06. The molecule has 0 atom stereocenters. The molecular weight excluding hydrogens is 308 g/mol. The Labute approximate surface area is 140 Å². The molecule has 0 saturated heterocycles. The van der Waals surface area contributed by atoms with Crippen LogP contribution >= 0.6 is 11.6 Å². The Balaban J connectivity index is 1.56. The van der Waals surface area contributed by atoms with E-state index < -0.39 is 0 Å². The average molecular weight is 327 g/mol. The van der Waals surface area contributed by atoms with E-state index in [9.17, 15) is 4.79 Å². The van der Waals surface area contributed by atoms with Gasteiger partial charge in [0.15, 0.2) is 0 Å². The summed E-state index contributed by atoms with van der Waals surface area (Å²) in [5.74, 6) is 0.0495. The van der Waals surface area contributed by atoms with Gasteiger partial charge in [0.05, 0.1) is 6.42 Å². The van der Waals surface area contributed by atoms with Crippen molar-refractivity contribution in [3.05, 3.63) is 70.4 Å². The van der Waals surface area contributed by atoms with E-state index in [0.29, 0.717) is 13.0 Å². The Morgan fingerprint density at radius 3 is 2.91 bits per heavy atom. The topological polar surface area (TPSA) is 44.9 Å². The van der Waals surface area contributed by atoms with Gasteiger partial charge in [0.2, 0.25) is 5.91 Å². The van der Waals surface area contributed by atoms with Gasteiger partial charge < -0.3 is 10.3 Å². The SMILES string of the molecule is Cc1cccc(CC(=O)NCCc2c[nH]c3ccc(Cl)cc23)c1. The van der Waals surface area contributed by atoms with Crippen molar-refractivity contribution in [2.75, 3.05) is 6.54 Å². The standard InChI is InChI=1S/C19H19ClN2O/c1-13-3-2-4-14(9-13)10-19(23)21-8-7-15-12-22-18-6-5-16(20)11-17(15)18/h2-6,9,11-12,22H,7-8,10H2,1H3,(H,21,23). The maximum atomic E-state index is 12.0. The molecule has 3 aromatic rings. The lowest BCUT2D eigenvalue weighted by Gasteiger charge is -2.06. The smallest absolute Gasteiger partial charge is 0.224 e. The summed E-state index contributed by atoms with van der Waals surface area (Å²) >= 11 is 6.05. The fraction of sp³-hybridized carbons (Fsp3) is 0.211. The summed E-state index contributed by atoms with van der Waals surface area (Å²) in [7, 11) is 0. The first-order valence-electron chi connectivity index (χ1n) is 7.69. The molecule has 118 valence electrons. The van der Waals surface area contributed by atoms with Crippen LogP contribution in [0.15, 0.2) is 48.7 Å². The fourth-order valence-corrected chi connectivity index (χ4v) is 2.94. The first-order chi connectivity index (χ1) is 11.1. The maximum absolute atomic E-state index is 12.0. The largest absolute Gasteiger partial charge is 0.361 e. The van der Waals surface area contributed by atoms with Crippen molar-refractivity contribution < 1.29 is 4.79 Å². The van der Waals surface area contributed by atoms with Gasteiger partial charge in [-0.1, -0.05) is 41.4 Å². The minimum Gasteiger partial charge on any atom is -0.361 e. The Hall–Kier alpha value is -2.26. The Kier molecular flexibility index (Phi) is 4.68. The third-order valence-corrected chi connectivity index (χ3v) is 4.13. The molecule has 1 amide bonds. The number of aromatic amines is 1. The quantitative estimate of drug-likeness (QED) is 0.730. The molecule has 0 aliphatic rings. The number of carbonyl (C=O) groups excluding carboxylic acids is 1. The predicted molar refractivity (Wildman–Crippen MR) is 94.9 cm³/mol. The van der Waals surface area contributed by atoms with E-state index in [1.54, 1.807) is 0 Å². The second-order valence-corrected chi connectivity index (χ2v) is 6.21. The molecule has 2 aromatic carbocycles. The number of hydrogen-bond donors (Lipinski definition) is 2. The number of amides is 1. The molecule has 0 bridgehead atoms. The summed E-state index contributed by atoms with van der Waals surface area (Å²) < 4.78 is 0. The van der Waals surface area contributed by atoms with Gasteiger partial charge in [0.1, 0.15) is 0 Å². The van der Waals surface area contributed by atoms with Crippen molar-refractivity contribution in [1.82, 2.24) is 10.3 Å². The highest BCUT2D eigenvalue weighted by atomic mass is 35.5. The van der Waals surface area contributed by atoms with Crippen molar-refractivity contribution in [1.29, 1.82) is 0 Å². The van der Waals surface area contributed by atoms with Crippen molar-refractivity contribution in [2.24, 2.45) is 0 Å². The van der Waals surface area contributed by atoms with Crippen molar-refractivity contribution >= 4 is 28.4 Å². The number of hydrogen-bond acceptors (Lipinski definition) is 1. The summed E-state index contributed by atoms with van der Waals surface area (Å²) in [5, 5.41) is 4.82. The van der Waals surface area contributed by atoms with E-state index in [-0.39, 0.29) is 5.91 Å². The minimum atomic E-state index is 0.0495. The fourth-order valence-electron chi connectivity index (χ4n) is 2.76. The summed E-state index contributed by atoms with van der Waals surface area (Å²) in [6, 6.07) is 13.8. The maximum Gasteiger partial charge on any atom is 0.224 e. The number of nitrogens with one attached hydrogen (secondary N) is 2. The van der Waals surface area contributed by atoms with Gasteiger partial charge in [-0.2, -0.15) is 0 Å². The second-order valence-electron chi connectivity index (χ2n) is 5.77. The lowest BCUT2D eigenvalue weighted by atomic mass is 10.1. The molecule has 1 heterocycles. The van der Waals surface area contributed by atoms with Gasteiger partial charge in [-0.3, -0.25) is 4.79 Å². The number of aryl methyl sites for hydroxylation is 1. The van der Waals surface area contributed by atoms with E-state index >= 15 is 0 Å². The van der Waals surface area contributed by atoms with E-state index in [4.69, 9.17) is 11.6 Å². The van der Waals surface area contributed by atoms with Crippen LogP contribution in [0.2, 0.25) is 5.02 Å². The first-order valence-corrected chi connectivity index (χ1v) is 8.07. The van der Waals surface area contributed by atoms with E-state index in [1.165, 1.54) is 11.1 Å². The van der Waals surface area contributed by atoms with Crippen LogP contribution in [0, 0.1) is 6.92 Å². The number of aromatic nitrogens is 1. The molecule has 4 heteroatoms. The zero-order valence-electron chi connectivity index (χ0n) is 13.0. The molecule has 0 fully saturated rings. The normalized spacial score (nSPS) is 10.9. The Bertz CT molecular complexity index is 838. The van der Waals surface area contributed by atoms with Crippen LogP contribution in [0.1, 0.15) is 16.7 Å². The zero-order chi connectivity index (χ0) is 16.2. The summed E-state index contributed by atoms with van der Waals surface area (Å²) in [5.41, 5.74) is 4.45. The molecule has 0 aliphatic carbocycles. The van der Waals surface area contributed by atoms with Gasteiger partial charge in [-0.05, 0) is 42.7 Å². The van der Waals surface area contributed by atoms with Crippen LogP contribution in [-0.4, -0.2) is 17.4 Å². The average Bonchev–Trinajstić information content (AvgIpc) is 2.90. The van der Waals surface area contributed by atoms with Crippen LogP contribution in [0.3, 0.4) is 0 Å². The Morgan fingerprint density at radius 1 is 1.22 bits per heavy atom. The molecule has 3 nitrogen and oxygen atoms in total. The van der Waals surface area contributed by atoms with E-state index in [0.717, 1.165) is 27.9 Å². The Morgan fingerprint density at radius 2 is 2.09 bits per heavy atom. The summed E-state index contributed by atoms with van der Waals surface area (Å²) in [4.78, 5) is 15.3. The molecule has 0 spiro atoms. The van der Waals surface area contributed by atoms with Crippen molar-refractivity contribution in [3.63, 3.8) is 0 Å². The van der Waals surface area contributed by atoms with Crippen LogP contribution in [0.25, 0.3) is 10.9 Å². The second kappa shape index (κ2) is 6.88. The third kappa shape index (κ3) is 3.93. The molecular formula is C19H19ClN2O. The van der Waals surface area contributed by atoms with E-state index in [2.05, 4.69) is 10.3 Å². The number of H-pyrrole nitrogens is 1. The molecule has 2 N–H and O–H groups in total. The molecule has 0 aliphatic heterocycles. The van der Waals surface area contributed by atoms with Gasteiger partial charge >= 0.3 is 0 Å². The van der Waals surface area contributed by atoms with Crippen LogP contribution in [-0.2, 0) is 17.6 Å². The molecule has 1 aromatic heterocycles. The highest BCUT2D eigenvalue weighted by molar-refractivity contribution is 6.31. The molecule has 0 unspecified atom stereocenters. The number of benzene rings is 2. The minimum absolute atomic E-state index is 0.0495. The molecule has 23 heavy (non-hydrogen) atoms. The number of carbonyl (C=O) groups is 1. The monoisotopic (exact) mass is 326 g/mol. The van der Waals surface area contributed by atoms with Gasteiger partial charge in [0.25, 0.3) is 0 Å². The number of halogens is 1. The van der Waals surface area contributed by atoms with Gasteiger partial charge in [-0.25, -0.2) is 0 Å².